The fourth-order valence-corrected chi connectivity index (χ4v) is 14.2. The molecule has 6 saturated carbocycles. The molecule has 3 amide bonds. The fraction of sp³-hybridized carbons (Fsp3) is 0.738. The Labute approximate surface area is 496 Å². The summed E-state index contributed by atoms with van der Waals surface area (Å²) in [6.07, 6.45) is 8.20. The number of amides is 3. The number of carbonyl (C=O) groups is 4. The molecule has 6 aliphatic carbocycles. The third-order valence-corrected chi connectivity index (χ3v) is 19.0. The zero-order chi connectivity index (χ0) is 57.6. The number of aryl methyl sites for hydroxylation is 2. The summed E-state index contributed by atoms with van der Waals surface area (Å²) < 4.78 is 47.2. The van der Waals surface area contributed by atoms with Crippen LogP contribution < -0.4 is 11.1 Å². The Hall–Kier alpha value is -3.77. The lowest BCUT2D eigenvalue weighted by Crippen LogP contribution is -2.65. The first-order valence-electron chi connectivity index (χ1n) is 29.1. The largest absolute Gasteiger partial charge is 0.482 e. The van der Waals surface area contributed by atoms with Crippen LogP contribution in [0.25, 0.3) is 0 Å². The summed E-state index contributed by atoms with van der Waals surface area (Å²) >= 11 is 5.09. The summed E-state index contributed by atoms with van der Waals surface area (Å²) in [5, 5.41) is 3.06. The van der Waals surface area contributed by atoms with Crippen LogP contribution in [0.1, 0.15) is 164 Å². The van der Waals surface area contributed by atoms with Crippen molar-refractivity contribution in [1.29, 1.82) is 0 Å². The Bertz CT molecular complexity index is 2480. The van der Waals surface area contributed by atoms with Gasteiger partial charge in [0.2, 0.25) is 0 Å². The maximum atomic E-state index is 13.1. The van der Waals surface area contributed by atoms with Crippen molar-refractivity contribution in [2.24, 2.45) is 40.2 Å². The van der Waals surface area contributed by atoms with Crippen LogP contribution in [0.2, 0.25) is 0 Å². The van der Waals surface area contributed by atoms with E-state index < -0.39 is 35.8 Å². The summed E-state index contributed by atoms with van der Waals surface area (Å²) in [7, 11) is -0.838. The second-order valence-electron chi connectivity index (χ2n) is 27.6. The van der Waals surface area contributed by atoms with Crippen molar-refractivity contribution in [3.05, 3.63) is 70.8 Å². The highest BCUT2D eigenvalue weighted by Crippen LogP contribution is 2.67. The Balaban J connectivity index is 0.000000213. The van der Waals surface area contributed by atoms with Gasteiger partial charge in [-0.3, -0.25) is 0 Å². The van der Waals surface area contributed by atoms with Gasteiger partial charge < -0.3 is 58.4 Å². The summed E-state index contributed by atoms with van der Waals surface area (Å²) in [5.74, 6) is 1.94. The van der Waals surface area contributed by atoms with E-state index in [0.29, 0.717) is 42.7 Å². The van der Waals surface area contributed by atoms with E-state index in [4.69, 9.17) is 54.9 Å². The molecule has 0 radical (unpaired) electrons. The molecule has 10 aliphatic rings. The number of nitrogens with two attached hydrogens (primary N) is 1. The first kappa shape index (κ1) is 66.4. The van der Waals surface area contributed by atoms with Gasteiger partial charge in [0.1, 0.15) is 24.4 Å². The summed E-state index contributed by atoms with van der Waals surface area (Å²) in [4.78, 5) is 51.4. The summed E-state index contributed by atoms with van der Waals surface area (Å²) in [6.45, 7) is 30.5. The molecule has 2 aromatic carbocycles. The van der Waals surface area contributed by atoms with Gasteiger partial charge in [0.05, 0.1) is 41.4 Å². The normalized spacial score (nSPS) is 30.6. The van der Waals surface area contributed by atoms with Crippen molar-refractivity contribution >= 4 is 62.0 Å². The smallest absolute Gasteiger partial charge is 0.451 e. The average Bonchev–Trinajstić information content (AvgIpc) is 4.19. The molecular formula is C61H96B2Cl2N4O12. The van der Waals surface area contributed by atoms with E-state index in [1.165, 1.54) is 29.5 Å². The Morgan fingerprint density at radius 2 is 1.07 bits per heavy atom. The van der Waals surface area contributed by atoms with Crippen molar-refractivity contribution < 1.29 is 56.7 Å². The van der Waals surface area contributed by atoms with E-state index >= 15 is 0 Å². The van der Waals surface area contributed by atoms with E-state index in [-0.39, 0.29) is 99.2 Å². The topological polar surface area (TPSA) is 187 Å². The molecule has 3 N–H and O–H groups in total. The molecule has 4 bridgehead atoms. The Kier molecular flexibility index (Phi) is 21.2. The van der Waals surface area contributed by atoms with Gasteiger partial charge >= 0.3 is 37.9 Å². The molecule has 0 unspecified atom stereocenters. The van der Waals surface area contributed by atoms with Crippen molar-refractivity contribution in [2.75, 3.05) is 26.3 Å². The zero-order valence-electron chi connectivity index (χ0n) is 50.1. The SMILES string of the molecule is C.CC(C)(C)OC(=O)N1CCC[C@@H]1COC(=O)Cl.Cc1ccc(C[C@H](N)B2O[C@@H]3C[C@@H]4C[C@@H](C4(C)C)[C@]3(C)O2)cc1.Cc1ccc(C[C@H](NC(=O)OC[C@H]2CCCN2C(=O)OC(C)(C)C)B2O[C@@H]3C[C@@H]4C[C@@H](C4(C)C)[C@]3(C)O2)cc1.Cl. The third kappa shape index (κ3) is 15.2. The van der Waals surface area contributed by atoms with E-state index in [1.807, 2.05) is 41.5 Å². The van der Waals surface area contributed by atoms with E-state index in [1.54, 1.807) is 9.80 Å². The first-order valence-corrected chi connectivity index (χ1v) is 29.5. The van der Waals surface area contributed by atoms with E-state index in [2.05, 4.69) is 109 Å². The summed E-state index contributed by atoms with van der Waals surface area (Å²) in [6, 6.07) is 16.6. The van der Waals surface area contributed by atoms with Gasteiger partial charge in [0.15, 0.2) is 0 Å². The molecule has 2 aromatic rings. The van der Waals surface area contributed by atoms with Gasteiger partial charge in [-0.2, -0.15) is 0 Å². The number of likely N-dealkylation sites (tertiary alicyclic amines) is 2. The number of halogens is 2. The Morgan fingerprint density at radius 3 is 1.49 bits per heavy atom. The fourth-order valence-electron chi connectivity index (χ4n) is 14.1. The molecule has 452 valence electrons. The molecule has 4 saturated heterocycles. The quantitative estimate of drug-likeness (QED) is 0.123. The molecule has 16 nitrogen and oxygen atoms in total. The summed E-state index contributed by atoms with van der Waals surface area (Å²) in [5.41, 5.74) is 9.40. The lowest BCUT2D eigenvalue weighted by atomic mass is 9.43. The predicted molar refractivity (Wildman–Crippen MR) is 319 cm³/mol. The standard InChI is InChI=1S/C30H45BN2O6.C19H28BNO2.C11H18ClNO4.CH4.ClH/c1-19-10-12-20(13-11-19)15-25(31-38-24-17-21-16-23(29(21,5)6)30(24,7)39-31)32-26(34)36-18-22-9-8-14-33(22)27(35)37-28(2,3)4;1-12-5-7-13(8-6-12)9-17(21)20-22-16-11-14-10-15(18(14,2)3)19(16,4)23-20;1-11(2,3)17-10(15)13-6-4-5-8(13)7-16-9(12)14;;/h10-13,21-25H,8-9,14-18H2,1-7H3,(H,32,34);5-8,14-17H,9-11,21H2,1-4H3;8H,4-7H2,1-3H3;1H4;1H/t21-,22+,23-,24+,25-,30-;14-,15-,16+,17-,19-;8-;;/m001../s1. The molecule has 4 heterocycles. The number of nitrogens with one attached hydrogen (secondary N) is 1. The third-order valence-electron chi connectivity index (χ3n) is 18.9. The first-order chi connectivity index (χ1) is 36.9. The van der Waals surface area contributed by atoms with Gasteiger partial charge in [-0.05, 0) is 179 Å². The van der Waals surface area contributed by atoms with Crippen molar-refractivity contribution in [3.63, 3.8) is 0 Å². The minimum atomic E-state index is -0.846. The van der Waals surface area contributed by atoms with E-state index in [0.717, 1.165) is 56.4 Å². The van der Waals surface area contributed by atoms with Crippen LogP contribution in [0.5, 0.6) is 0 Å². The van der Waals surface area contributed by atoms with Crippen molar-refractivity contribution in [3.8, 4) is 0 Å². The van der Waals surface area contributed by atoms with Crippen LogP contribution >= 0.6 is 24.0 Å². The highest BCUT2D eigenvalue weighted by atomic mass is 35.5. The van der Waals surface area contributed by atoms with Crippen LogP contribution in [-0.2, 0) is 50.4 Å². The van der Waals surface area contributed by atoms with Gasteiger partial charge in [-0.15, -0.1) is 12.4 Å². The second-order valence-corrected chi connectivity index (χ2v) is 27.9. The molecule has 0 aromatic heterocycles. The molecule has 0 spiro atoms. The highest BCUT2D eigenvalue weighted by Gasteiger charge is 2.70. The molecule has 81 heavy (non-hydrogen) atoms. The van der Waals surface area contributed by atoms with Crippen LogP contribution in [-0.4, -0.2) is 133 Å². The highest BCUT2D eigenvalue weighted by molar-refractivity contribution is 6.61. The molecule has 10 fully saturated rings. The van der Waals surface area contributed by atoms with Crippen LogP contribution in [0.3, 0.4) is 0 Å². The maximum absolute atomic E-state index is 13.1. The van der Waals surface area contributed by atoms with Gasteiger partial charge in [0, 0.05) is 30.6 Å². The van der Waals surface area contributed by atoms with Crippen molar-refractivity contribution in [2.45, 2.75) is 227 Å². The average molecular weight is 1170 g/mol. The molecule has 20 heteroatoms. The number of rotatable bonds is 11. The molecule has 12 rings (SSSR count). The molecule has 4 aliphatic heterocycles. The van der Waals surface area contributed by atoms with Gasteiger partial charge in [-0.25, -0.2) is 19.2 Å². The van der Waals surface area contributed by atoms with Crippen LogP contribution in [0, 0.1) is 48.3 Å². The lowest BCUT2D eigenvalue weighted by Gasteiger charge is -2.64. The van der Waals surface area contributed by atoms with Crippen molar-refractivity contribution in [1.82, 2.24) is 15.1 Å². The molecular weight excluding hydrogens is 1070 g/mol. The number of benzene rings is 2. The molecule has 12 atom stereocenters. The monoisotopic (exact) mass is 1170 g/mol. The number of hydrogen-bond donors (Lipinski definition) is 2. The maximum Gasteiger partial charge on any atom is 0.482 e. The minimum Gasteiger partial charge on any atom is -0.451 e. The Morgan fingerprint density at radius 1 is 0.667 bits per heavy atom. The number of nitrogens with zero attached hydrogens (tertiary/aromatic N) is 2. The van der Waals surface area contributed by atoms with Crippen LogP contribution in [0.15, 0.2) is 48.5 Å². The predicted octanol–water partition coefficient (Wildman–Crippen LogP) is 12.3. The zero-order valence-corrected chi connectivity index (χ0v) is 51.7. The number of alkyl carbamates (subject to hydrolysis) is 1. The minimum absolute atomic E-state index is 0. The van der Waals surface area contributed by atoms with Gasteiger partial charge in [0.25, 0.3) is 0 Å². The van der Waals surface area contributed by atoms with E-state index in [9.17, 15) is 19.2 Å². The number of carbonyl (C=O) groups excluding carboxylic acids is 4. The number of ether oxygens (including phenoxy) is 4. The second kappa shape index (κ2) is 25.8. The number of hydrogen-bond acceptors (Lipinski definition) is 13. The van der Waals surface area contributed by atoms with Crippen LogP contribution in [0.4, 0.5) is 19.2 Å². The lowest BCUT2D eigenvalue weighted by molar-refractivity contribution is -0.199. The van der Waals surface area contributed by atoms with Gasteiger partial charge in [-0.1, -0.05) is 94.8 Å².